The van der Waals surface area contributed by atoms with E-state index >= 15 is 0 Å². The van der Waals surface area contributed by atoms with Gasteiger partial charge in [0, 0.05) is 86.2 Å². The Kier molecular flexibility index (Phi) is 38.3. The van der Waals surface area contributed by atoms with E-state index in [0.29, 0.717) is 71.9 Å². The first-order chi connectivity index (χ1) is 66.5. The summed E-state index contributed by atoms with van der Waals surface area (Å²) in [5.74, 6) is 10.6. The van der Waals surface area contributed by atoms with Gasteiger partial charge in [-0.25, -0.2) is 19.9 Å². The predicted octanol–water partition coefficient (Wildman–Crippen LogP) is 21.8. The van der Waals surface area contributed by atoms with Crippen LogP contribution in [0.3, 0.4) is 0 Å². The topological polar surface area (TPSA) is 308 Å². The number of ketones is 1. The van der Waals surface area contributed by atoms with Gasteiger partial charge in [-0.05, 0) is 361 Å². The maximum absolute atomic E-state index is 13.5. The summed E-state index contributed by atoms with van der Waals surface area (Å²) in [6, 6.07) is 26.5. The van der Waals surface area contributed by atoms with Crippen molar-refractivity contribution in [2.75, 3.05) is 69.8 Å². The number of methoxy groups -OCH3 is 6. The van der Waals surface area contributed by atoms with Crippen LogP contribution in [-0.4, -0.2) is 195 Å². The molecule has 0 saturated heterocycles. The summed E-state index contributed by atoms with van der Waals surface area (Å²) in [5.41, 5.74) is 24.6. The molecular weight excluding hydrogens is 2000 g/mol. The van der Waals surface area contributed by atoms with E-state index in [1.165, 1.54) is 44.7 Å². The number of amides is 3. The Morgan fingerprint density at radius 3 is 1.35 bits per heavy atom. The van der Waals surface area contributed by atoms with Gasteiger partial charge >= 0.3 is 0 Å². The highest BCUT2D eigenvalue weighted by atomic mass is 79.9. The van der Waals surface area contributed by atoms with Gasteiger partial charge in [0.15, 0.2) is 85.3 Å². The lowest BCUT2D eigenvalue weighted by molar-refractivity contribution is -0.120. The zero-order valence-electron chi connectivity index (χ0n) is 86.0. The number of nitrogens with one attached hydrogen (secondary N) is 1. The zero-order chi connectivity index (χ0) is 102. The molecule has 3 amide bonds. The Labute approximate surface area is 854 Å². The Morgan fingerprint density at radius 2 is 0.893 bits per heavy atom. The number of carbonyl (C=O) groups excluding carboxylic acids is 4. The molecule has 6 aromatic carbocycles. The molecule has 0 spiro atoms. The molecule has 0 saturated carbocycles. The van der Waals surface area contributed by atoms with Crippen molar-refractivity contribution in [1.29, 1.82) is 0 Å². The second kappa shape index (κ2) is 49.0. The van der Waals surface area contributed by atoms with Gasteiger partial charge in [-0.15, -0.1) is 11.3 Å². The first-order valence-electron chi connectivity index (χ1n) is 47.9. The van der Waals surface area contributed by atoms with Gasteiger partial charge in [0.25, 0.3) is 11.8 Å². The van der Waals surface area contributed by atoms with Crippen molar-refractivity contribution in [3.63, 3.8) is 0 Å². The smallest absolute Gasteiger partial charge is 0.290 e. The first-order valence-corrected chi connectivity index (χ1v) is 51.2. The minimum atomic E-state index is -0.313. The van der Waals surface area contributed by atoms with Crippen LogP contribution in [0.2, 0.25) is 0 Å². The predicted molar refractivity (Wildman–Crippen MR) is 561 cm³/mol. The van der Waals surface area contributed by atoms with Gasteiger partial charge in [0.1, 0.15) is 14.9 Å². The third-order valence-corrected chi connectivity index (χ3v) is 26.8. The van der Waals surface area contributed by atoms with Gasteiger partial charge in [-0.1, -0.05) is 6.07 Å². The monoisotopic (exact) mass is 2130 g/mol. The number of thiazole rings is 1. The fourth-order valence-electron chi connectivity index (χ4n) is 17.1. The molecule has 3 N–H and O–H groups in total. The number of aromatic nitrogens is 9. The van der Waals surface area contributed by atoms with Crippen LogP contribution in [0, 0.1) is 5.92 Å². The Hall–Kier alpha value is -11.1. The molecule has 140 heavy (non-hydrogen) atoms. The molecule has 29 nitrogen and oxygen atoms in total. The fraction of sp³-hybridized carbons (Fsp3) is 0.486. The lowest BCUT2D eigenvalue weighted by Gasteiger charge is -2.32. The number of nitrogens with two attached hydrogens (primary N) is 1. The zero-order valence-corrected chi connectivity index (χ0v) is 91.6. The number of halogens is 3. The van der Waals surface area contributed by atoms with E-state index in [-0.39, 0.29) is 71.8 Å². The number of rotatable bonds is 30. The molecule has 4 aliphatic heterocycles. The molecular formula is C107H140Br3N13O16S. The standard InChI is InChI=1S/C24H30N4O3S.C21H28BrN3O3.C20H29NO4.C15H16Br2N2O2.C15H18N2O2.C12H19NO2/c1-14(2)31-18-11-16-15(10-17(18)30-7)8-9-28-21(16)20(19-12-25-13-32-19)26-22(28)23(29)27(6)24(3,4)5;1-12(2)28-16-11-14-13(10-15(16)27-7)8-9-25-17(14)18(22)23-19(25)20(26)24(6)21(3,4)5;1-14(2)25-20-10-16-8-7-15(9-17(16)11-19(20)24-3)5-4-6-18(23)12-21-13-22;1-8(2)21-12-7-10-9(6-11(12)20-3)4-5-19-13(10)14(16)18-15(19)17;1-10(2)19-15-7-12-11(6-14(15)18-3)4-5-17-9-16-8-13(12)17;1-9(2)15-11-5-4-10(6-7-13)8-12(11)14-3/h10-14H,8-9H2,1-7H3;10-12H,8-9H2,1-7H3;10-11,13-15H,4-9,12H2,1-3H3,(H,21,22);6-8H,4-5H2,1-3H3;6-10H,4-5H2,1-3H3;4-5,8-9H,6-7,13H2,1-3H3. The van der Waals surface area contributed by atoms with Crippen molar-refractivity contribution in [1.82, 2.24) is 58.3 Å². The highest BCUT2D eigenvalue weighted by Gasteiger charge is 2.37. The fourth-order valence-corrected chi connectivity index (χ4v) is 19.6. The van der Waals surface area contributed by atoms with E-state index in [1.54, 1.807) is 64.2 Å². The van der Waals surface area contributed by atoms with Crippen LogP contribution in [0.15, 0.2) is 117 Å². The number of aryl methyl sites for hydroxylation is 6. The van der Waals surface area contributed by atoms with Crippen LogP contribution in [0.25, 0.3) is 55.6 Å². The molecule has 11 aromatic rings. The molecule has 0 radical (unpaired) electrons. The molecule has 756 valence electrons. The summed E-state index contributed by atoms with van der Waals surface area (Å²) in [6.45, 7) is 40.1. The number of hydrogen-bond acceptors (Lipinski definition) is 23. The van der Waals surface area contributed by atoms with Crippen LogP contribution in [0.1, 0.15) is 210 Å². The van der Waals surface area contributed by atoms with Gasteiger partial charge in [0.2, 0.25) is 12.2 Å². The minimum Gasteiger partial charge on any atom is -0.493 e. The second-order valence-corrected chi connectivity index (χ2v) is 41.7. The molecule has 9 heterocycles. The number of benzene rings is 6. The average molecular weight is 2140 g/mol. The normalized spacial score (nSPS) is 13.4. The first kappa shape index (κ1) is 109. The number of hydrogen-bond donors (Lipinski definition) is 2. The van der Waals surface area contributed by atoms with Crippen molar-refractivity contribution >= 4 is 83.1 Å². The molecule has 1 unspecified atom stereocenters. The number of fused-ring (bicyclic) bond motifs is 13. The number of nitrogens with zero attached hydrogens (tertiary/aromatic N) is 11. The van der Waals surface area contributed by atoms with E-state index in [9.17, 15) is 19.2 Å². The van der Waals surface area contributed by atoms with Crippen molar-refractivity contribution in [3.05, 3.63) is 168 Å². The summed E-state index contributed by atoms with van der Waals surface area (Å²) in [7, 11) is 13.6. The van der Waals surface area contributed by atoms with Crippen LogP contribution < -0.4 is 67.9 Å². The SMILES string of the molecule is COc1cc(CCN)ccc1OC(C)C.COc1cc2c(cc1OC(C)C)-c1c(-c3cncs3)nc(C(=O)N(C)C(C)(C)C)n1CC2.COc1cc2c(cc1OC(C)C)-c1c(Br)nc(Br)n1CC2.COc1cc2c(cc1OC(C)C)-c1c(Br)nc(C(=O)N(C)C(C)(C)C)n1CC2.COc1cc2c(cc1OC(C)C)-c1cncn1CC2.COc1cc2c(cc1OC(C)C)CCC(CCCC(=O)CNC=O)C2. The lowest BCUT2D eigenvalue weighted by atomic mass is 9.81. The highest BCUT2D eigenvalue weighted by Crippen LogP contribution is 2.49. The van der Waals surface area contributed by atoms with Gasteiger partial charge in [0.05, 0.1) is 132 Å². The Balaban J connectivity index is 0.000000163. The second-order valence-electron chi connectivity index (χ2n) is 38.6. The molecule has 0 fully saturated rings. The van der Waals surface area contributed by atoms with E-state index in [2.05, 4.69) is 119 Å². The number of imidazole rings is 4. The molecule has 5 aromatic heterocycles. The van der Waals surface area contributed by atoms with Gasteiger partial charge in [-0.2, -0.15) is 0 Å². The van der Waals surface area contributed by atoms with E-state index in [1.807, 2.05) is 203 Å². The van der Waals surface area contributed by atoms with E-state index in [4.69, 9.17) is 67.6 Å². The highest BCUT2D eigenvalue weighted by molar-refractivity contribution is 9.11. The molecule has 16 rings (SSSR count). The van der Waals surface area contributed by atoms with Crippen LogP contribution in [0.4, 0.5) is 0 Å². The van der Waals surface area contributed by atoms with Crippen molar-refractivity contribution in [3.8, 4) is 125 Å². The van der Waals surface area contributed by atoms with Crippen molar-refractivity contribution in [2.24, 2.45) is 11.7 Å². The summed E-state index contributed by atoms with van der Waals surface area (Å²) in [4.78, 5) is 75.1. The van der Waals surface area contributed by atoms with Crippen LogP contribution in [-0.2, 0) is 80.7 Å². The number of Topliss-reactive ketones (excluding diaryl/α,β-unsaturated/α-hetero) is 1. The average Bonchev–Trinajstić information content (AvgIpc) is 1.59. The largest absolute Gasteiger partial charge is 0.493 e. The minimum absolute atomic E-state index is 0.00833. The van der Waals surface area contributed by atoms with Gasteiger partial charge in [-0.3, -0.25) is 24.2 Å². The maximum Gasteiger partial charge on any atom is 0.290 e. The number of ether oxygens (including phenoxy) is 12. The van der Waals surface area contributed by atoms with E-state index < -0.39 is 0 Å². The summed E-state index contributed by atoms with van der Waals surface area (Å²) in [5, 5.41) is 2.42. The van der Waals surface area contributed by atoms with Crippen molar-refractivity contribution in [2.45, 2.75) is 269 Å². The summed E-state index contributed by atoms with van der Waals surface area (Å²) in [6.07, 6.45) is 16.7. The molecule has 0 bridgehead atoms. The number of carbonyl (C=O) groups is 4. The molecule has 5 aliphatic rings. The van der Waals surface area contributed by atoms with Gasteiger partial charge < -0.3 is 96.0 Å². The third-order valence-electron chi connectivity index (χ3n) is 24.3. The third kappa shape index (κ3) is 27.0. The Bertz CT molecular complexity index is 6100. The summed E-state index contributed by atoms with van der Waals surface area (Å²) < 4.78 is 78.7. The lowest BCUT2D eigenvalue weighted by Crippen LogP contribution is -2.43. The summed E-state index contributed by atoms with van der Waals surface area (Å²) >= 11 is 12.2. The van der Waals surface area contributed by atoms with Crippen LogP contribution in [0.5, 0.6) is 69.0 Å². The molecule has 1 aliphatic carbocycles. The molecule has 33 heteroatoms. The van der Waals surface area contributed by atoms with Crippen LogP contribution >= 0.6 is 59.1 Å². The Morgan fingerprint density at radius 1 is 0.486 bits per heavy atom. The maximum atomic E-state index is 13.5. The van der Waals surface area contributed by atoms with Crippen molar-refractivity contribution < 1.29 is 76.0 Å². The quantitative estimate of drug-likeness (QED) is 0.0395. The molecule has 1 atom stereocenters. The van der Waals surface area contributed by atoms with E-state index in [0.717, 1.165) is 200 Å².